The topological polar surface area (TPSA) is 9.34 Å². The van der Waals surface area contributed by atoms with Crippen molar-refractivity contribution in [3.05, 3.63) is 131 Å². The van der Waals surface area contributed by atoms with Crippen molar-refractivity contribution in [2.24, 2.45) is 52.8 Å². The van der Waals surface area contributed by atoms with E-state index >= 15 is 0 Å². The van der Waals surface area contributed by atoms with Crippen LogP contribution in [0.5, 0.6) is 0 Å². The molecule has 10 unspecified atom stereocenters. The summed E-state index contributed by atoms with van der Waals surface area (Å²) < 4.78 is 5.30. The molecule has 0 amide bonds. The van der Waals surface area contributed by atoms with E-state index in [0.29, 0.717) is 11.3 Å². The molecular formula is C59H54N2. The highest BCUT2D eigenvalue weighted by atomic mass is 15.0. The van der Waals surface area contributed by atoms with Gasteiger partial charge >= 0.3 is 0 Å². The van der Waals surface area contributed by atoms with Crippen molar-refractivity contribution >= 4 is 59.9 Å². The van der Waals surface area contributed by atoms with Gasteiger partial charge in [-0.2, -0.15) is 0 Å². The molecule has 6 bridgehead atoms. The Bertz CT molecular complexity index is 3500. The van der Waals surface area contributed by atoms with Gasteiger partial charge in [-0.3, -0.25) is 0 Å². The quantitative estimate of drug-likeness (QED) is 0.157. The fourth-order valence-electron chi connectivity index (χ4n) is 18.0. The van der Waals surface area contributed by atoms with Gasteiger partial charge in [-0.25, -0.2) is 0 Å². The molecule has 300 valence electrons. The minimum Gasteiger partial charge on any atom is -0.309 e. The Balaban J connectivity index is 1.01. The molecule has 0 radical (unpaired) electrons. The molecule has 6 fully saturated rings. The van der Waals surface area contributed by atoms with Crippen LogP contribution in [0.1, 0.15) is 95.9 Å². The van der Waals surface area contributed by atoms with E-state index in [1.54, 1.807) is 17.5 Å². The van der Waals surface area contributed by atoms with Crippen LogP contribution in [0.4, 0.5) is 0 Å². The van der Waals surface area contributed by atoms with Gasteiger partial charge in [0.2, 0.25) is 0 Å². The average molecular weight is 791 g/mol. The van der Waals surface area contributed by atoms with Gasteiger partial charge in [0.15, 0.2) is 0 Å². The van der Waals surface area contributed by atoms with E-state index in [4.69, 9.17) is 0 Å². The molecule has 10 atom stereocenters. The molecule has 6 aromatic carbocycles. The number of aromatic nitrogens is 2. The van der Waals surface area contributed by atoms with Crippen molar-refractivity contribution in [1.29, 1.82) is 0 Å². The summed E-state index contributed by atoms with van der Waals surface area (Å²) in [6.07, 6.45) is 7.46. The molecule has 0 N–H and O–H groups in total. The summed E-state index contributed by atoms with van der Waals surface area (Å²) >= 11 is 0. The fraction of sp³-hybridized carbons (Fsp3) is 0.390. The first-order chi connectivity index (χ1) is 29.5. The second kappa shape index (κ2) is 10.1. The van der Waals surface area contributed by atoms with Crippen LogP contribution in [0.25, 0.3) is 76.7 Å². The third kappa shape index (κ3) is 3.49. The van der Waals surface area contributed by atoms with E-state index in [2.05, 4.69) is 160 Å². The van der Waals surface area contributed by atoms with Crippen LogP contribution in [0, 0.1) is 52.8 Å². The maximum absolute atomic E-state index is 2.80. The highest BCUT2D eigenvalue weighted by Gasteiger charge is 2.85. The molecule has 3 aromatic heterocycles. The van der Waals surface area contributed by atoms with Gasteiger partial charge in [0.25, 0.3) is 0 Å². The maximum Gasteiger partial charge on any atom is 0.0620 e. The lowest BCUT2D eigenvalue weighted by Crippen LogP contribution is -2.54. The third-order valence-electron chi connectivity index (χ3n) is 19.7. The molecule has 1 aliphatic heterocycles. The molecule has 6 saturated carbocycles. The molecule has 16 rings (SSSR count). The van der Waals surface area contributed by atoms with E-state index in [-0.39, 0.29) is 16.2 Å². The molecule has 2 heteroatoms. The second-order valence-electron chi connectivity index (χ2n) is 23.8. The molecule has 2 spiro atoms. The second-order valence-corrected chi connectivity index (χ2v) is 23.8. The number of fused-ring (bicyclic) bond motifs is 17. The number of hydrogen-bond donors (Lipinski definition) is 0. The fourth-order valence-corrected chi connectivity index (χ4v) is 18.0. The predicted octanol–water partition coefficient (Wildman–Crippen LogP) is 14.7. The first-order valence-electron chi connectivity index (χ1n) is 23.9. The number of nitrogens with zero attached hydrogens (tertiary/aromatic N) is 2. The number of rotatable bonds is 1. The predicted molar refractivity (Wildman–Crippen MR) is 252 cm³/mol. The van der Waals surface area contributed by atoms with Crippen molar-refractivity contribution in [3.8, 4) is 16.8 Å². The van der Waals surface area contributed by atoms with Crippen LogP contribution < -0.4 is 0 Å². The van der Waals surface area contributed by atoms with Crippen molar-refractivity contribution in [2.75, 3.05) is 0 Å². The zero-order valence-corrected chi connectivity index (χ0v) is 36.4. The minimum absolute atomic E-state index is 0.0251. The minimum atomic E-state index is 0.0251. The van der Waals surface area contributed by atoms with Gasteiger partial charge in [-0.1, -0.05) is 102 Å². The summed E-state index contributed by atoms with van der Waals surface area (Å²) in [6, 6.07) is 44.1. The van der Waals surface area contributed by atoms with E-state index in [0.717, 1.165) is 41.4 Å². The number of para-hydroxylation sites is 2. The normalized spacial score (nSPS) is 32.6. The van der Waals surface area contributed by atoms with E-state index in [1.165, 1.54) is 114 Å². The van der Waals surface area contributed by atoms with Crippen molar-refractivity contribution < 1.29 is 0 Å². The van der Waals surface area contributed by atoms with Crippen molar-refractivity contribution in [2.45, 2.75) is 89.9 Å². The zero-order chi connectivity index (χ0) is 40.4. The van der Waals surface area contributed by atoms with Gasteiger partial charge < -0.3 is 8.97 Å². The Morgan fingerprint density at radius 2 is 1.21 bits per heavy atom. The molecule has 61 heavy (non-hydrogen) atoms. The zero-order valence-electron chi connectivity index (χ0n) is 36.4. The Kier molecular flexibility index (Phi) is 5.54. The molecule has 2 nitrogen and oxygen atoms in total. The van der Waals surface area contributed by atoms with Crippen LogP contribution >= 0.6 is 0 Å². The van der Waals surface area contributed by atoms with Crippen LogP contribution in [0.3, 0.4) is 0 Å². The molecule has 9 aromatic rings. The van der Waals surface area contributed by atoms with Crippen LogP contribution in [-0.4, -0.2) is 8.97 Å². The largest absolute Gasteiger partial charge is 0.309 e. The highest BCUT2D eigenvalue weighted by molar-refractivity contribution is 6.23. The summed E-state index contributed by atoms with van der Waals surface area (Å²) in [5, 5.41) is 8.38. The van der Waals surface area contributed by atoms with E-state index in [1.807, 2.05) is 0 Å². The van der Waals surface area contributed by atoms with Crippen LogP contribution in [0.15, 0.2) is 109 Å². The van der Waals surface area contributed by atoms with Gasteiger partial charge in [0.05, 0.1) is 33.3 Å². The molecule has 6 aliphatic carbocycles. The maximum atomic E-state index is 2.80. The lowest BCUT2D eigenvalue weighted by molar-refractivity contribution is -0.120. The van der Waals surface area contributed by atoms with Crippen molar-refractivity contribution in [3.63, 3.8) is 0 Å². The Hall–Kier alpha value is -5.08. The van der Waals surface area contributed by atoms with E-state index < -0.39 is 0 Å². The summed E-state index contributed by atoms with van der Waals surface area (Å²) in [4.78, 5) is 0. The lowest BCUT2D eigenvalue weighted by atomic mass is 9.45. The molecular weight excluding hydrogens is 737 g/mol. The SMILES string of the molecule is CC(C)(C)c1ccc2c(c1)c1cc(C(C)(C)C)cc3c1n2-c1ccc(-c2ccc4c(c2)c2cccc5c6ccccc6n4c52)cc1C31C2CC3C4CC5CC6C1C(C5)C3(C2)C64. The average Bonchev–Trinajstić information content (AvgIpc) is 3.94. The Labute approximate surface area is 358 Å². The van der Waals surface area contributed by atoms with Gasteiger partial charge in [-0.05, 0) is 178 Å². The summed E-state index contributed by atoms with van der Waals surface area (Å²) in [5.74, 6) is 7.14. The van der Waals surface area contributed by atoms with Crippen LogP contribution in [-0.2, 0) is 16.2 Å². The highest BCUT2D eigenvalue weighted by Crippen LogP contribution is 2.90. The van der Waals surface area contributed by atoms with E-state index in [9.17, 15) is 0 Å². The summed E-state index contributed by atoms with van der Waals surface area (Å²) in [5.41, 5.74) is 18.2. The first kappa shape index (κ1) is 33.5. The van der Waals surface area contributed by atoms with Crippen LogP contribution in [0.2, 0.25) is 0 Å². The van der Waals surface area contributed by atoms with Gasteiger partial charge in [-0.15, -0.1) is 0 Å². The monoisotopic (exact) mass is 790 g/mol. The van der Waals surface area contributed by atoms with Gasteiger partial charge in [0, 0.05) is 37.7 Å². The Morgan fingerprint density at radius 3 is 2.07 bits per heavy atom. The third-order valence-corrected chi connectivity index (χ3v) is 19.7. The van der Waals surface area contributed by atoms with Gasteiger partial charge in [0.1, 0.15) is 0 Å². The number of hydrogen-bond acceptors (Lipinski definition) is 0. The number of benzene rings is 6. The van der Waals surface area contributed by atoms with Crippen molar-refractivity contribution in [1.82, 2.24) is 8.97 Å². The standard InChI is InChI=1S/C59H54N2/c1-56(2,3)33-16-19-50-40(25-33)41-26-34(57(4,5)6)27-47-55(41)61(50)51-18-15-32(31-14-17-49-39(23-31)38-12-9-11-37-36-10-7-8-13-48(36)60(49)54(37)38)24-45(51)59(47)35-28-44-42-20-30-21-43-52(42)58(44,29-35)46(22-30)53(43)59/h7-19,23-27,30,35,42-44,46,52-53H,20-22,28-29H2,1-6H3. The smallest absolute Gasteiger partial charge is 0.0620 e. The Morgan fingerprint density at radius 1 is 0.508 bits per heavy atom. The molecule has 4 heterocycles. The summed E-state index contributed by atoms with van der Waals surface area (Å²) in [6.45, 7) is 14.5. The lowest BCUT2D eigenvalue weighted by Gasteiger charge is -2.59. The first-order valence-corrected chi connectivity index (χ1v) is 23.9. The molecule has 7 aliphatic rings. The summed E-state index contributed by atoms with van der Waals surface area (Å²) in [7, 11) is 0. The molecule has 0 saturated heterocycles.